The van der Waals surface area contributed by atoms with Crippen LogP contribution >= 0.6 is 0 Å². The van der Waals surface area contributed by atoms with Crippen molar-refractivity contribution in [3.63, 3.8) is 0 Å². The Hall–Kier alpha value is -1.89. The second-order valence-corrected chi connectivity index (χ2v) is 3.56. The third-order valence-corrected chi connectivity index (χ3v) is 2.33. The second-order valence-electron chi connectivity index (χ2n) is 3.56. The fourth-order valence-corrected chi connectivity index (χ4v) is 1.60. The smallest absolute Gasteiger partial charge is 0.310 e. The Morgan fingerprint density at radius 2 is 2.25 bits per heavy atom. The molecular formula is C12H12FNO2. The first kappa shape index (κ1) is 12.2. The summed E-state index contributed by atoms with van der Waals surface area (Å²) in [6.07, 6.45) is 1.12. The van der Waals surface area contributed by atoms with E-state index >= 15 is 0 Å². The van der Waals surface area contributed by atoms with E-state index in [1.54, 1.807) is 0 Å². The van der Waals surface area contributed by atoms with Crippen molar-refractivity contribution >= 4 is 5.97 Å². The quantitative estimate of drug-likeness (QED) is 0.850. The van der Waals surface area contributed by atoms with Crippen LogP contribution in [0.4, 0.5) is 4.39 Å². The van der Waals surface area contributed by atoms with Gasteiger partial charge in [-0.2, -0.15) is 5.26 Å². The van der Waals surface area contributed by atoms with Crippen LogP contribution in [0.5, 0.6) is 0 Å². The van der Waals surface area contributed by atoms with Gasteiger partial charge in [0.05, 0.1) is 17.6 Å². The summed E-state index contributed by atoms with van der Waals surface area (Å²) in [5, 5.41) is 17.7. The topological polar surface area (TPSA) is 61.1 Å². The van der Waals surface area contributed by atoms with Gasteiger partial charge in [0.15, 0.2) is 0 Å². The highest BCUT2D eigenvalue weighted by Gasteiger charge is 2.19. The highest BCUT2D eigenvalue weighted by molar-refractivity contribution is 5.76. The molecule has 0 bridgehead atoms. The van der Waals surface area contributed by atoms with Crippen molar-refractivity contribution in [2.24, 2.45) is 0 Å². The predicted octanol–water partition coefficient (Wildman–Crippen LogP) is 2.67. The molecule has 0 aliphatic heterocycles. The molecule has 1 N–H and O–H groups in total. The first-order chi connectivity index (χ1) is 7.58. The summed E-state index contributed by atoms with van der Waals surface area (Å²) in [7, 11) is 0. The monoisotopic (exact) mass is 221 g/mol. The number of hydrogen-bond acceptors (Lipinski definition) is 2. The van der Waals surface area contributed by atoms with Gasteiger partial charge in [-0.25, -0.2) is 4.39 Å². The molecule has 0 heterocycles. The van der Waals surface area contributed by atoms with Gasteiger partial charge in [-0.1, -0.05) is 13.3 Å². The molecule has 0 aliphatic carbocycles. The Kier molecular flexibility index (Phi) is 4.01. The van der Waals surface area contributed by atoms with Gasteiger partial charge in [-0.15, -0.1) is 0 Å². The molecule has 0 saturated heterocycles. The van der Waals surface area contributed by atoms with E-state index in [-0.39, 0.29) is 5.56 Å². The van der Waals surface area contributed by atoms with E-state index in [1.807, 2.05) is 13.0 Å². The van der Waals surface area contributed by atoms with Gasteiger partial charge in [0.1, 0.15) is 5.82 Å². The molecule has 3 nitrogen and oxygen atoms in total. The zero-order valence-electron chi connectivity index (χ0n) is 8.90. The van der Waals surface area contributed by atoms with Gasteiger partial charge in [-0.3, -0.25) is 4.79 Å². The lowest BCUT2D eigenvalue weighted by atomic mass is 9.93. The van der Waals surface area contributed by atoms with Gasteiger partial charge in [-0.05, 0) is 30.2 Å². The maximum absolute atomic E-state index is 13.1. The van der Waals surface area contributed by atoms with E-state index in [1.165, 1.54) is 12.1 Å². The molecule has 0 spiro atoms. The van der Waals surface area contributed by atoms with Crippen molar-refractivity contribution in [3.8, 4) is 6.07 Å². The maximum atomic E-state index is 13.1. The van der Waals surface area contributed by atoms with Gasteiger partial charge in [0, 0.05) is 0 Å². The van der Waals surface area contributed by atoms with Crippen molar-refractivity contribution in [1.82, 2.24) is 0 Å². The molecule has 1 aromatic carbocycles. The zero-order valence-corrected chi connectivity index (χ0v) is 8.90. The van der Waals surface area contributed by atoms with Crippen molar-refractivity contribution in [2.45, 2.75) is 25.7 Å². The first-order valence-corrected chi connectivity index (χ1v) is 5.02. The second kappa shape index (κ2) is 5.26. The normalized spacial score (nSPS) is 11.8. The highest BCUT2D eigenvalue weighted by Crippen LogP contribution is 2.23. The molecule has 0 amide bonds. The number of carboxylic acids is 1. The fraction of sp³-hybridized carbons (Fsp3) is 0.333. The Morgan fingerprint density at radius 1 is 1.56 bits per heavy atom. The van der Waals surface area contributed by atoms with Crippen LogP contribution in [0, 0.1) is 17.1 Å². The lowest BCUT2D eigenvalue weighted by Gasteiger charge is -2.11. The van der Waals surface area contributed by atoms with Gasteiger partial charge >= 0.3 is 5.97 Å². The highest BCUT2D eigenvalue weighted by atomic mass is 19.1. The van der Waals surface area contributed by atoms with E-state index in [2.05, 4.69) is 0 Å². The molecule has 0 aliphatic rings. The summed E-state index contributed by atoms with van der Waals surface area (Å²) in [6, 6.07) is 5.51. The minimum absolute atomic E-state index is 0.150. The number of nitrogens with zero attached hydrogens (tertiary/aromatic N) is 1. The van der Waals surface area contributed by atoms with Crippen LogP contribution in [0.25, 0.3) is 0 Å². The molecule has 1 aromatic rings. The standard InChI is InChI=1S/C12H12FNO2/c1-2-3-11(12(15)16)9-4-8(7-14)5-10(13)6-9/h4-6,11H,2-3H2,1H3,(H,15,16). The number of aliphatic carboxylic acids is 1. The SMILES string of the molecule is CCCC(C(=O)O)c1cc(F)cc(C#N)c1. The maximum Gasteiger partial charge on any atom is 0.310 e. The van der Waals surface area contributed by atoms with Crippen LogP contribution in [-0.4, -0.2) is 11.1 Å². The molecular weight excluding hydrogens is 209 g/mol. The summed E-state index contributed by atoms with van der Waals surface area (Å²) in [5.74, 6) is -2.31. The summed E-state index contributed by atoms with van der Waals surface area (Å²) in [5.41, 5.74) is 0.503. The summed E-state index contributed by atoms with van der Waals surface area (Å²) < 4.78 is 13.1. The minimum atomic E-state index is -0.990. The van der Waals surface area contributed by atoms with Crippen molar-refractivity contribution < 1.29 is 14.3 Å². The van der Waals surface area contributed by atoms with Crippen LogP contribution in [0.2, 0.25) is 0 Å². The molecule has 4 heteroatoms. The number of rotatable bonds is 4. The molecule has 0 saturated carbocycles. The third kappa shape index (κ3) is 2.80. The molecule has 0 aromatic heterocycles. The van der Waals surface area contributed by atoms with Crippen molar-refractivity contribution in [2.75, 3.05) is 0 Å². The van der Waals surface area contributed by atoms with Crippen molar-refractivity contribution in [3.05, 3.63) is 35.1 Å². The van der Waals surface area contributed by atoms with Gasteiger partial charge in [0.2, 0.25) is 0 Å². The zero-order chi connectivity index (χ0) is 12.1. The van der Waals surface area contributed by atoms with E-state index in [0.717, 1.165) is 6.07 Å². The molecule has 16 heavy (non-hydrogen) atoms. The number of carboxylic acid groups (broad SMARTS) is 1. The van der Waals surface area contributed by atoms with E-state index < -0.39 is 17.7 Å². The van der Waals surface area contributed by atoms with E-state index in [0.29, 0.717) is 18.4 Å². The Morgan fingerprint density at radius 3 is 2.75 bits per heavy atom. The summed E-state index contributed by atoms with van der Waals surface area (Å²) in [6.45, 7) is 1.86. The summed E-state index contributed by atoms with van der Waals surface area (Å²) >= 11 is 0. The molecule has 0 radical (unpaired) electrons. The number of halogens is 1. The number of hydrogen-bond donors (Lipinski definition) is 1. The molecule has 1 rings (SSSR count). The number of nitriles is 1. The predicted molar refractivity (Wildman–Crippen MR) is 56.4 cm³/mol. The Balaban J connectivity index is 3.14. The lowest BCUT2D eigenvalue weighted by molar-refractivity contribution is -0.139. The molecule has 84 valence electrons. The van der Waals surface area contributed by atoms with Crippen LogP contribution in [0.3, 0.4) is 0 Å². The third-order valence-electron chi connectivity index (χ3n) is 2.33. The minimum Gasteiger partial charge on any atom is -0.481 e. The molecule has 1 atom stereocenters. The average Bonchev–Trinajstić information content (AvgIpc) is 2.24. The van der Waals surface area contributed by atoms with Crippen LogP contribution < -0.4 is 0 Å². The average molecular weight is 221 g/mol. The first-order valence-electron chi connectivity index (χ1n) is 5.02. The number of carbonyl (C=O) groups is 1. The van der Waals surface area contributed by atoms with E-state index in [9.17, 15) is 9.18 Å². The fourth-order valence-electron chi connectivity index (χ4n) is 1.60. The number of benzene rings is 1. The van der Waals surface area contributed by atoms with Crippen molar-refractivity contribution in [1.29, 1.82) is 5.26 Å². The van der Waals surface area contributed by atoms with Crippen LogP contribution in [-0.2, 0) is 4.79 Å². The Labute approximate surface area is 93.1 Å². The molecule has 0 fully saturated rings. The van der Waals surface area contributed by atoms with Crippen LogP contribution in [0.15, 0.2) is 18.2 Å². The largest absolute Gasteiger partial charge is 0.481 e. The van der Waals surface area contributed by atoms with Crippen LogP contribution in [0.1, 0.15) is 36.8 Å². The van der Waals surface area contributed by atoms with Gasteiger partial charge < -0.3 is 5.11 Å². The van der Waals surface area contributed by atoms with Gasteiger partial charge in [0.25, 0.3) is 0 Å². The Bertz CT molecular complexity index is 437. The lowest BCUT2D eigenvalue weighted by Crippen LogP contribution is -2.11. The van der Waals surface area contributed by atoms with E-state index in [4.69, 9.17) is 10.4 Å². The summed E-state index contributed by atoms with van der Waals surface area (Å²) in [4.78, 5) is 11.0. The molecule has 1 unspecified atom stereocenters.